The van der Waals surface area contributed by atoms with E-state index in [0.29, 0.717) is 18.8 Å². The predicted molar refractivity (Wildman–Crippen MR) is 86.5 cm³/mol. The lowest BCUT2D eigenvalue weighted by molar-refractivity contribution is -0.218. The SMILES string of the molecule is Cc1cn([C@H]2C[C@@H](O)[C@@H](COP(=O)([O-])N3CCOCC3)O2)c(=O)[nH]c1=O. The van der Waals surface area contributed by atoms with Crippen molar-refractivity contribution in [1.29, 1.82) is 0 Å². The van der Waals surface area contributed by atoms with Crippen molar-refractivity contribution < 1.29 is 28.6 Å². The largest absolute Gasteiger partial charge is 0.766 e. The number of hydrogen-bond acceptors (Lipinski definition) is 8. The first-order chi connectivity index (χ1) is 12.3. The van der Waals surface area contributed by atoms with Crippen LogP contribution in [0, 0.1) is 6.92 Å². The zero-order chi connectivity index (χ0) is 18.9. The van der Waals surface area contributed by atoms with Gasteiger partial charge in [-0.05, 0) is 6.92 Å². The summed E-state index contributed by atoms with van der Waals surface area (Å²) in [5.74, 6) is 0. The number of aliphatic hydroxyl groups is 1. The van der Waals surface area contributed by atoms with Gasteiger partial charge in [0.2, 0.25) is 7.75 Å². The molecular weight excluding hydrogens is 369 g/mol. The molecule has 11 nitrogen and oxygen atoms in total. The van der Waals surface area contributed by atoms with Crippen molar-refractivity contribution in [3.8, 4) is 0 Å². The van der Waals surface area contributed by atoms with Crippen molar-refractivity contribution >= 4 is 7.75 Å². The quantitative estimate of drug-likeness (QED) is 0.562. The van der Waals surface area contributed by atoms with Crippen LogP contribution in [-0.2, 0) is 18.6 Å². The normalized spacial score (nSPS) is 29.6. The number of nitrogens with zero attached hydrogens (tertiary/aromatic N) is 2. The minimum Gasteiger partial charge on any atom is -0.766 e. The Labute approximate surface area is 148 Å². The maximum absolute atomic E-state index is 12.2. The number of hydrogen-bond donors (Lipinski definition) is 2. The Hall–Kier alpha value is -1.33. The van der Waals surface area contributed by atoms with Gasteiger partial charge in [0.05, 0.1) is 25.9 Å². The van der Waals surface area contributed by atoms with Gasteiger partial charge in [-0.3, -0.25) is 18.9 Å². The Morgan fingerprint density at radius 2 is 2.12 bits per heavy atom. The van der Waals surface area contributed by atoms with Gasteiger partial charge in [-0.25, -0.2) is 9.46 Å². The van der Waals surface area contributed by atoms with Gasteiger partial charge in [0.25, 0.3) is 5.56 Å². The standard InChI is InChI=1S/C14H22N3O8P/c1-9-7-17(14(20)15-13(9)19)12-6-10(18)11(25-12)8-24-26(21,22)16-2-4-23-5-3-16/h7,10-12,18H,2-6,8H2,1H3,(H,21,22)(H,15,19,20)/p-1/t10-,11-,12-/m1/s1. The van der Waals surface area contributed by atoms with Crippen LogP contribution in [-0.4, -0.2) is 64.4 Å². The molecule has 2 aliphatic heterocycles. The molecule has 0 aliphatic carbocycles. The predicted octanol–water partition coefficient (Wildman–Crippen LogP) is -1.69. The highest BCUT2D eigenvalue weighted by atomic mass is 31.2. The van der Waals surface area contributed by atoms with E-state index in [0.717, 1.165) is 0 Å². The van der Waals surface area contributed by atoms with E-state index in [-0.39, 0.29) is 26.1 Å². The maximum atomic E-state index is 12.2. The molecule has 2 saturated heterocycles. The van der Waals surface area contributed by atoms with Crippen LogP contribution < -0.4 is 16.1 Å². The van der Waals surface area contributed by atoms with Crippen LogP contribution in [0.4, 0.5) is 0 Å². The molecule has 3 heterocycles. The molecule has 4 atom stereocenters. The molecular formula is C14H21N3O8P-. The third kappa shape index (κ3) is 4.15. The van der Waals surface area contributed by atoms with Gasteiger partial charge in [-0.15, -0.1) is 0 Å². The number of nitrogens with one attached hydrogen (secondary N) is 1. The van der Waals surface area contributed by atoms with Crippen LogP contribution in [0.5, 0.6) is 0 Å². The molecule has 1 aromatic rings. The van der Waals surface area contributed by atoms with E-state index in [2.05, 4.69) is 4.98 Å². The monoisotopic (exact) mass is 390 g/mol. The van der Waals surface area contributed by atoms with Gasteiger partial charge in [-0.2, -0.15) is 0 Å². The number of aromatic nitrogens is 2. The molecule has 2 N–H and O–H groups in total. The van der Waals surface area contributed by atoms with Crippen molar-refractivity contribution in [2.45, 2.75) is 31.8 Å². The summed E-state index contributed by atoms with van der Waals surface area (Å²) in [6.07, 6.45) is -1.34. The summed E-state index contributed by atoms with van der Waals surface area (Å²) >= 11 is 0. The molecule has 2 aliphatic rings. The highest BCUT2D eigenvalue weighted by Gasteiger charge is 2.37. The molecule has 0 aromatic carbocycles. The molecule has 0 bridgehead atoms. The number of aryl methyl sites for hydroxylation is 1. The first-order valence-electron chi connectivity index (χ1n) is 8.22. The third-order valence-corrected chi connectivity index (χ3v) is 5.96. The zero-order valence-electron chi connectivity index (χ0n) is 14.2. The number of ether oxygens (including phenoxy) is 2. The smallest absolute Gasteiger partial charge is 0.330 e. The van der Waals surface area contributed by atoms with Gasteiger partial charge < -0.3 is 24.0 Å². The second kappa shape index (κ2) is 7.73. The lowest BCUT2D eigenvalue weighted by Gasteiger charge is -2.37. The molecule has 3 rings (SSSR count). The number of aliphatic hydroxyl groups excluding tert-OH is 1. The highest BCUT2D eigenvalue weighted by molar-refractivity contribution is 7.48. The second-order valence-corrected chi connectivity index (χ2v) is 8.00. The Kier molecular flexibility index (Phi) is 5.78. The highest BCUT2D eigenvalue weighted by Crippen LogP contribution is 2.43. The first kappa shape index (κ1) is 19.4. The van der Waals surface area contributed by atoms with E-state index < -0.39 is 37.4 Å². The summed E-state index contributed by atoms with van der Waals surface area (Å²) in [7, 11) is -4.27. The van der Waals surface area contributed by atoms with Crippen LogP contribution in [0.3, 0.4) is 0 Å². The molecule has 12 heteroatoms. The molecule has 1 aromatic heterocycles. The van der Waals surface area contributed by atoms with E-state index in [1.165, 1.54) is 22.4 Å². The first-order valence-corrected chi connectivity index (χ1v) is 9.72. The Balaban J connectivity index is 1.64. The van der Waals surface area contributed by atoms with Gasteiger partial charge in [-0.1, -0.05) is 0 Å². The van der Waals surface area contributed by atoms with E-state index in [1.54, 1.807) is 0 Å². The molecule has 2 fully saturated rings. The summed E-state index contributed by atoms with van der Waals surface area (Å²) in [5, 5.41) is 10.1. The number of rotatable bonds is 5. The average Bonchev–Trinajstić information content (AvgIpc) is 2.98. The molecule has 0 spiro atoms. The minimum absolute atomic E-state index is 0.0696. The minimum atomic E-state index is -4.27. The molecule has 0 saturated carbocycles. The van der Waals surface area contributed by atoms with Crippen LogP contribution in [0.2, 0.25) is 0 Å². The van der Waals surface area contributed by atoms with Crippen LogP contribution in [0.15, 0.2) is 15.8 Å². The molecule has 146 valence electrons. The lowest BCUT2D eigenvalue weighted by atomic mass is 10.2. The number of morpholine rings is 1. The fourth-order valence-corrected chi connectivity index (χ4v) is 4.04. The van der Waals surface area contributed by atoms with Crippen LogP contribution in [0.1, 0.15) is 18.2 Å². The van der Waals surface area contributed by atoms with E-state index >= 15 is 0 Å². The van der Waals surface area contributed by atoms with Crippen molar-refractivity contribution in [3.63, 3.8) is 0 Å². The van der Waals surface area contributed by atoms with Gasteiger partial charge >= 0.3 is 5.69 Å². The van der Waals surface area contributed by atoms with Gasteiger partial charge in [0, 0.05) is 31.3 Å². The molecule has 0 amide bonds. The van der Waals surface area contributed by atoms with E-state index in [9.17, 15) is 24.2 Å². The zero-order valence-corrected chi connectivity index (χ0v) is 15.1. The number of H-pyrrole nitrogens is 1. The summed E-state index contributed by atoms with van der Waals surface area (Å²) in [4.78, 5) is 37.7. The summed E-state index contributed by atoms with van der Waals surface area (Å²) < 4.78 is 30.2. The molecule has 0 radical (unpaired) electrons. The molecule has 26 heavy (non-hydrogen) atoms. The van der Waals surface area contributed by atoms with E-state index in [4.69, 9.17) is 14.0 Å². The van der Waals surface area contributed by atoms with Crippen molar-refractivity contribution in [3.05, 3.63) is 32.6 Å². The third-order valence-electron chi connectivity index (χ3n) is 4.40. The summed E-state index contributed by atoms with van der Waals surface area (Å²) in [6.45, 7) is 2.19. The van der Waals surface area contributed by atoms with Gasteiger partial charge in [0.1, 0.15) is 12.3 Å². The topological polar surface area (TPSA) is 146 Å². The summed E-state index contributed by atoms with van der Waals surface area (Å²) in [5.41, 5.74) is -0.844. The van der Waals surface area contributed by atoms with Crippen molar-refractivity contribution in [1.82, 2.24) is 14.2 Å². The molecule has 1 unspecified atom stereocenters. The maximum Gasteiger partial charge on any atom is 0.330 e. The van der Waals surface area contributed by atoms with E-state index in [1.807, 2.05) is 0 Å². The summed E-state index contributed by atoms with van der Waals surface area (Å²) in [6, 6.07) is 0. The lowest BCUT2D eigenvalue weighted by Crippen LogP contribution is -2.39. The fourth-order valence-electron chi connectivity index (χ4n) is 2.88. The van der Waals surface area contributed by atoms with Crippen molar-refractivity contribution in [2.24, 2.45) is 0 Å². The average molecular weight is 390 g/mol. The second-order valence-electron chi connectivity index (χ2n) is 6.24. The Bertz CT molecular complexity index is 802. The Morgan fingerprint density at radius 3 is 2.81 bits per heavy atom. The number of aromatic amines is 1. The van der Waals surface area contributed by atoms with Crippen LogP contribution >= 0.6 is 7.75 Å². The van der Waals surface area contributed by atoms with Gasteiger partial charge in [0.15, 0.2) is 0 Å². The van der Waals surface area contributed by atoms with Crippen LogP contribution in [0.25, 0.3) is 0 Å². The van der Waals surface area contributed by atoms with Crippen molar-refractivity contribution in [2.75, 3.05) is 32.9 Å². The Morgan fingerprint density at radius 1 is 1.42 bits per heavy atom. The fraction of sp³-hybridized carbons (Fsp3) is 0.714.